The molecule has 1 N–H and O–H groups in total. The molecular weight excluding hydrogens is 342 g/mol. The number of amides is 1. The molecular formula is C19H26ClNO4. The van der Waals surface area contributed by atoms with Crippen molar-refractivity contribution in [2.45, 2.75) is 46.1 Å². The molecule has 25 heavy (non-hydrogen) atoms. The molecule has 3 atom stereocenters. The van der Waals surface area contributed by atoms with E-state index in [0.29, 0.717) is 22.6 Å². The number of benzene rings is 1. The molecule has 0 unspecified atom stereocenters. The molecule has 0 saturated heterocycles. The van der Waals surface area contributed by atoms with Crippen molar-refractivity contribution in [1.82, 2.24) is 5.32 Å². The highest BCUT2D eigenvalue weighted by Gasteiger charge is 2.28. The Morgan fingerprint density at radius 3 is 2.72 bits per heavy atom. The Labute approximate surface area is 154 Å². The maximum absolute atomic E-state index is 12.0. The van der Waals surface area contributed by atoms with Crippen LogP contribution in [0.4, 0.5) is 0 Å². The van der Waals surface area contributed by atoms with Crippen LogP contribution in [0.3, 0.4) is 0 Å². The first-order valence-electron chi connectivity index (χ1n) is 8.70. The van der Waals surface area contributed by atoms with Crippen LogP contribution in [0.1, 0.15) is 38.7 Å². The molecule has 1 fully saturated rings. The molecule has 0 spiro atoms. The minimum absolute atomic E-state index is 0.155. The lowest BCUT2D eigenvalue weighted by atomic mass is 9.78. The summed E-state index contributed by atoms with van der Waals surface area (Å²) in [7, 11) is 0. The number of carbonyl (C=O) groups excluding carboxylic acids is 2. The van der Waals surface area contributed by atoms with Gasteiger partial charge in [0.2, 0.25) is 0 Å². The number of hydrogen-bond donors (Lipinski definition) is 1. The van der Waals surface area contributed by atoms with Gasteiger partial charge in [-0.2, -0.15) is 0 Å². The van der Waals surface area contributed by atoms with Crippen molar-refractivity contribution in [1.29, 1.82) is 0 Å². The fraction of sp³-hybridized carbons (Fsp3) is 0.579. The van der Waals surface area contributed by atoms with E-state index in [-0.39, 0.29) is 25.2 Å². The maximum atomic E-state index is 12.0. The van der Waals surface area contributed by atoms with Gasteiger partial charge in [-0.05, 0) is 48.9 Å². The Morgan fingerprint density at radius 1 is 1.24 bits per heavy atom. The Hall–Kier alpha value is -1.75. The smallest absolute Gasteiger partial charge is 0.344 e. The normalized spacial score (nSPS) is 23.0. The lowest BCUT2D eigenvalue weighted by Gasteiger charge is -2.34. The van der Waals surface area contributed by atoms with E-state index in [1.807, 2.05) is 6.92 Å². The number of ether oxygens (including phenoxy) is 2. The average molecular weight is 368 g/mol. The molecule has 1 amide bonds. The van der Waals surface area contributed by atoms with Crippen molar-refractivity contribution < 1.29 is 19.1 Å². The zero-order valence-corrected chi connectivity index (χ0v) is 15.8. The highest BCUT2D eigenvalue weighted by molar-refractivity contribution is 6.30. The standard InChI is InChI=1S/C19H26ClNO4/c1-12-5-4-6-16(14(12)3)21-18(22)10-25-19(23)11-24-17-8-7-15(20)9-13(17)2/h7-9,12,14,16H,4-6,10-11H2,1-3H3,(H,21,22)/t12-,14-,16+/m0/s1. The summed E-state index contributed by atoms with van der Waals surface area (Å²) in [5, 5.41) is 3.58. The van der Waals surface area contributed by atoms with Crippen LogP contribution in [0.2, 0.25) is 5.02 Å². The number of nitrogens with one attached hydrogen (secondary N) is 1. The number of aryl methyl sites for hydroxylation is 1. The van der Waals surface area contributed by atoms with Crippen LogP contribution in [0.25, 0.3) is 0 Å². The van der Waals surface area contributed by atoms with Crippen molar-refractivity contribution in [3.05, 3.63) is 28.8 Å². The molecule has 0 bridgehead atoms. The molecule has 1 saturated carbocycles. The molecule has 5 nitrogen and oxygen atoms in total. The van der Waals surface area contributed by atoms with E-state index in [1.165, 1.54) is 6.42 Å². The monoisotopic (exact) mass is 367 g/mol. The summed E-state index contributed by atoms with van der Waals surface area (Å²) in [6.07, 6.45) is 3.29. The summed E-state index contributed by atoms with van der Waals surface area (Å²) in [6, 6.07) is 5.29. The molecule has 1 aliphatic rings. The van der Waals surface area contributed by atoms with E-state index in [2.05, 4.69) is 19.2 Å². The topological polar surface area (TPSA) is 64.6 Å². The highest BCUT2D eigenvalue weighted by Crippen LogP contribution is 2.29. The van der Waals surface area contributed by atoms with Crippen molar-refractivity contribution in [3.8, 4) is 5.75 Å². The van der Waals surface area contributed by atoms with E-state index >= 15 is 0 Å². The van der Waals surface area contributed by atoms with Crippen molar-refractivity contribution >= 4 is 23.5 Å². The third-order valence-corrected chi connectivity index (χ3v) is 5.14. The molecule has 0 aliphatic heterocycles. The van der Waals surface area contributed by atoms with E-state index < -0.39 is 5.97 Å². The quantitative estimate of drug-likeness (QED) is 0.781. The fourth-order valence-electron chi connectivity index (χ4n) is 3.13. The minimum Gasteiger partial charge on any atom is -0.482 e. The minimum atomic E-state index is -0.574. The average Bonchev–Trinajstić information content (AvgIpc) is 2.56. The third-order valence-electron chi connectivity index (χ3n) is 4.90. The molecule has 138 valence electrons. The lowest BCUT2D eigenvalue weighted by Crippen LogP contribution is -2.45. The SMILES string of the molecule is Cc1cc(Cl)ccc1OCC(=O)OCC(=O)N[C@@H]1CCC[C@H](C)[C@@H]1C. The van der Waals surface area contributed by atoms with Crippen LogP contribution in [-0.2, 0) is 14.3 Å². The summed E-state index contributed by atoms with van der Waals surface area (Å²) in [6.45, 7) is 5.68. The second-order valence-electron chi connectivity index (χ2n) is 6.80. The molecule has 0 aromatic heterocycles. The van der Waals surface area contributed by atoms with Gasteiger partial charge in [-0.1, -0.05) is 38.3 Å². The Bertz CT molecular complexity index is 619. The predicted molar refractivity (Wildman–Crippen MR) is 96.8 cm³/mol. The maximum Gasteiger partial charge on any atom is 0.344 e. The van der Waals surface area contributed by atoms with E-state index in [1.54, 1.807) is 18.2 Å². The van der Waals surface area contributed by atoms with Crippen LogP contribution >= 0.6 is 11.6 Å². The van der Waals surface area contributed by atoms with E-state index in [4.69, 9.17) is 21.1 Å². The lowest BCUT2D eigenvalue weighted by molar-refractivity contribution is -0.150. The fourth-order valence-corrected chi connectivity index (χ4v) is 3.36. The summed E-state index contributed by atoms with van der Waals surface area (Å²) in [5.74, 6) is 0.759. The van der Waals surface area contributed by atoms with Crippen LogP contribution in [0.15, 0.2) is 18.2 Å². The molecule has 2 rings (SSSR count). The summed E-state index contributed by atoms with van der Waals surface area (Å²) < 4.78 is 10.4. The largest absolute Gasteiger partial charge is 0.482 e. The van der Waals surface area contributed by atoms with Gasteiger partial charge in [-0.15, -0.1) is 0 Å². The second-order valence-corrected chi connectivity index (χ2v) is 7.24. The van der Waals surface area contributed by atoms with Gasteiger partial charge in [0.05, 0.1) is 0 Å². The summed E-state index contributed by atoms with van der Waals surface area (Å²) >= 11 is 5.87. The van der Waals surface area contributed by atoms with Gasteiger partial charge in [0, 0.05) is 11.1 Å². The van der Waals surface area contributed by atoms with Gasteiger partial charge in [-0.25, -0.2) is 4.79 Å². The van der Waals surface area contributed by atoms with Crippen LogP contribution in [0.5, 0.6) is 5.75 Å². The second kappa shape index (κ2) is 9.09. The third kappa shape index (κ3) is 5.92. The van der Waals surface area contributed by atoms with Crippen molar-refractivity contribution in [2.75, 3.05) is 13.2 Å². The van der Waals surface area contributed by atoms with Crippen LogP contribution in [-0.4, -0.2) is 31.1 Å². The molecule has 1 aliphatic carbocycles. The Morgan fingerprint density at radius 2 is 2.00 bits per heavy atom. The van der Waals surface area contributed by atoms with Gasteiger partial charge in [0.25, 0.3) is 5.91 Å². The molecule has 1 aromatic carbocycles. The number of hydrogen-bond acceptors (Lipinski definition) is 4. The number of esters is 1. The molecule has 0 radical (unpaired) electrons. The van der Waals surface area contributed by atoms with Crippen molar-refractivity contribution in [3.63, 3.8) is 0 Å². The number of carbonyl (C=O) groups is 2. The first-order valence-corrected chi connectivity index (χ1v) is 9.08. The molecule has 6 heteroatoms. The first kappa shape index (κ1) is 19.6. The highest BCUT2D eigenvalue weighted by atomic mass is 35.5. The van der Waals surface area contributed by atoms with Crippen LogP contribution < -0.4 is 10.1 Å². The first-order chi connectivity index (χ1) is 11.9. The number of halogens is 1. The van der Waals surface area contributed by atoms with Crippen molar-refractivity contribution in [2.24, 2.45) is 11.8 Å². The predicted octanol–water partition coefficient (Wildman–Crippen LogP) is 3.51. The van der Waals surface area contributed by atoms with Gasteiger partial charge < -0.3 is 14.8 Å². The zero-order chi connectivity index (χ0) is 18.4. The van der Waals surface area contributed by atoms with E-state index in [9.17, 15) is 9.59 Å². The summed E-state index contributed by atoms with van der Waals surface area (Å²) in [4.78, 5) is 23.7. The molecule has 1 aromatic rings. The van der Waals surface area contributed by atoms with E-state index in [0.717, 1.165) is 18.4 Å². The Balaban J connectivity index is 1.71. The van der Waals surface area contributed by atoms with Gasteiger partial charge >= 0.3 is 5.97 Å². The molecule has 0 heterocycles. The Kier molecular flexibility index (Phi) is 7.12. The van der Waals surface area contributed by atoms with Gasteiger partial charge in [0.1, 0.15) is 5.75 Å². The van der Waals surface area contributed by atoms with Gasteiger partial charge in [-0.3, -0.25) is 4.79 Å². The van der Waals surface area contributed by atoms with Gasteiger partial charge in [0.15, 0.2) is 13.2 Å². The van der Waals surface area contributed by atoms with Crippen LogP contribution in [0, 0.1) is 18.8 Å². The number of rotatable bonds is 6. The zero-order valence-electron chi connectivity index (χ0n) is 15.0. The summed E-state index contributed by atoms with van der Waals surface area (Å²) in [5.41, 5.74) is 0.832.